The highest BCUT2D eigenvalue weighted by Gasteiger charge is 2.32. The van der Waals surface area contributed by atoms with Gasteiger partial charge in [-0.05, 0) is 58.9 Å². The number of rotatable bonds is 8. The fourth-order valence-electron chi connectivity index (χ4n) is 5.39. The average molecular weight is 531 g/mol. The number of carbonyl (C=O) groups excluding carboxylic acids is 1. The second-order valence-corrected chi connectivity index (χ2v) is 13.5. The van der Waals surface area contributed by atoms with Gasteiger partial charge in [0.1, 0.15) is 0 Å². The van der Waals surface area contributed by atoms with E-state index in [9.17, 15) is 13.2 Å². The molecule has 37 heavy (non-hydrogen) atoms. The number of nitrogens with zero attached hydrogens (tertiary/aromatic N) is 3. The fraction of sp³-hybridized carbons (Fsp3) is 0.643. The lowest BCUT2D eigenvalue weighted by molar-refractivity contribution is 0.0772. The van der Waals surface area contributed by atoms with Gasteiger partial charge in [0.15, 0.2) is 0 Å². The third kappa shape index (κ3) is 7.35. The summed E-state index contributed by atoms with van der Waals surface area (Å²) in [6.45, 7) is 9.28. The number of sulfone groups is 1. The molecule has 1 aromatic heterocycles. The fourth-order valence-corrected chi connectivity index (χ4v) is 6.92. The highest BCUT2D eigenvalue weighted by atomic mass is 32.2. The molecule has 1 atom stereocenters. The number of aryl methyl sites for hydroxylation is 1. The molecule has 1 aliphatic heterocycles. The molecule has 2 aliphatic rings. The van der Waals surface area contributed by atoms with Crippen molar-refractivity contribution in [2.45, 2.75) is 108 Å². The van der Waals surface area contributed by atoms with Gasteiger partial charge in [-0.3, -0.25) is 0 Å². The molecule has 8 nitrogen and oxygen atoms in total. The summed E-state index contributed by atoms with van der Waals surface area (Å²) in [7, 11) is -3.69. The quantitative estimate of drug-likeness (QED) is 0.509. The monoisotopic (exact) mass is 530 g/mol. The second-order valence-electron chi connectivity index (χ2n) is 11.6. The molecule has 9 heteroatoms. The van der Waals surface area contributed by atoms with Gasteiger partial charge in [0, 0.05) is 24.7 Å². The molecular formula is C28H42N4O4S. The van der Waals surface area contributed by atoms with E-state index < -0.39 is 15.4 Å². The van der Waals surface area contributed by atoms with E-state index in [1.165, 1.54) is 0 Å². The van der Waals surface area contributed by atoms with Crippen molar-refractivity contribution in [3.05, 3.63) is 47.3 Å². The Morgan fingerprint density at radius 2 is 1.92 bits per heavy atom. The number of imidazole rings is 1. The molecule has 2 amide bonds. The molecular weight excluding hydrogens is 488 g/mol. The van der Waals surface area contributed by atoms with Crippen LogP contribution in [0.2, 0.25) is 0 Å². The van der Waals surface area contributed by atoms with Crippen LogP contribution in [0.25, 0.3) is 0 Å². The van der Waals surface area contributed by atoms with Crippen LogP contribution in [0.5, 0.6) is 0 Å². The van der Waals surface area contributed by atoms with E-state index in [0.717, 1.165) is 61.8 Å². The molecule has 2 aromatic rings. The van der Waals surface area contributed by atoms with Gasteiger partial charge in [-0.1, -0.05) is 49.1 Å². The van der Waals surface area contributed by atoms with E-state index in [-0.39, 0.29) is 35.6 Å². The van der Waals surface area contributed by atoms with E-state index >= 15 is 0 Å². The standard InChI is InChI=1S/C28H42N4O4S/c1-21-10-8-11-22(16-21)20-37(34,35)27-29-17-24(32(27)23-12-6-5-7-13-23)18-31(19-25-14-9-15-36-25)26(33)30-28(2,3)4/h8,10-11,16-17,23,25H,5-7,9,12-15,18-20H2,1-4H3,(H,30,33)/t25-/m1/s1. The van der Waals surface area contributed by atoms with Gasteiger partial charge >= 0.3 is 6.03 Å². The Morgan fingerprint density at radius 3 is 2.57 bits per heavy atom. The number of aromatic nitrogens is 2. The summed E-state index contributed by atoms with van der Waals surface area (Å²) < 4.78 is 35.1. The summed E-state index contributed by atoms with van der Waals surface area (Å²) >= 11 is 0. The van der Waals surface area contributed by atoms with Crippen molar-refractivity contribution in [1.29, 1.82) is 0 Å². The molecule has 0 radical (unpaired) electrons. The number of urea groups is 1. The molecule has 1 aromatic carbocycles. The molecule has 1 saturated heterocycles. The van der Waals surface area contributed by atoms with Gasteiger partial charge in [0.25, 0.3) is 0 Å². The van der Waals surface area contributed by atoms with E-state index in [4.69, 9.17) is 4.74 Å². The molecule has 4 rings (SSSR count). The number of hydrogen-bond acceptors (Lipinski definition) is 5. The molecule has 0 bridgehead atoms. The number of amides is 2. The Bertz CT molecular complexity index is 1170. The Balaban J connectivity index is 1.67. The van der Waals surface area contributed by atoms with Crippen LogP contribution in [0, 0.1) is 6.92 Å². The zero-order chi connectivity index (χ0) is 26.6. The van der Waals surface area contributed by atoms with Crippen LogP contribution >= 0.6 is 0 Å². The van der Waals surface area contributed by atoms with E-state index in [0.29, 0.717) is 13.2 Å². The van der Waals surface area contributed by atoms with E-state index in [1.54, 1.807) is 11.1 Å². The summed E-state index contributed by atoms with van der Waals surface area (Å²) in [4.78, 5) is 19.6. The maximum atomic E-state index is 13.7. The Hall–Kier alpha value is -2.39. The maximum absolute atomic E-state index is 13.7. The molecule has 1 saturated carbocycles. The number of ether oxygens (including phenoxy) is 1. The van der Waals surface area contributed by atoms with Crippen LogP contribution in [-0.4, -0.2) is 53.7 Å². The van der Waals surface area contributed by atoms with Crippen LogP contribution in [0.15, 0.2) is 35.6 Å². The van der Waals surface area contributed by atoms with Gasteiger partial charge < -0.3 is 19.5 Å². The first-order valence-electron chi connectivity index (χ1n) is 13.5. The minimum absolute atomic E-state index is 0.0127. The van der Waals surface area contributed by atoms with Crippen LogP contribution < -0.4 is 5.32 Å². The first kappa shape index (κ1) is 27.6. The summed E-state index contributed by atoms with van der Waals surface area (Å²) in [6.07, 6.45) is 8.65. The van der Waals surface area contributed by atoms with Crippen molar-refractivity contribution in [3.8, 4) is 0 Å². The van der Waals surface area contributed by atoms with Gasteiger partial charge in [-0.2, -0.15) is 0 Å². The highest BCUT2D eigenvalue weighted by molar-refractivity contribution is 7.90. The van der Waals surface area contributed by atoms with Crippen LogP contribution in [-0.2, 0) is 26.9 Å². The van der Waals surface area contributed by atoms with Gasteiger partial charge in [-0.15, -0.1) is 0 Å². The molecule has 2 heterocycles. The second kappa shape index (κ2) is 11.6. The lowest BCUT2D eigenvalue weighted by Gasteiger charge is -2.32. The molecule has 1 N–H and O–H groups in total. The normalized spacial score (nSPS) is 19.2. The first-order chi connectivity index (χ1) is 17.5. The van der Waals surface area contributed by atoms with E-state index in [1.807, 2.05) is 56.5 Å². The zero-order valence-electron chi connectivity index (χ0n) is 22.7. The lowest BCUT2D eigenvalue weighted by Crippen LogP contribution is -2.50. The molecule has 0 spiro atoms. The lowest BCUT2D eigenvalue weighted by atomic mass is 9.95. The summed E-state index contributed by atoms with van der Waals surface area (Å²) in [5.41, 5.74) is 2.15. The molecule has 1 aliphatic carbocycles. The summed E-state index contributed by atoms with van der Waals surface area (Å²) in [6, 6.07) is 7.48. The van der Waals surface area contributed by atoms with Crippen molar-refractivity contribution in [2.75, 3.05) is 13.2 Å². The Kier molecular flexibility index (Phi) is 8.63. The maximum Gasteiger partial charge on any atom is 0.318 e. The number of benzene rings is 1. The summed E-state index contributed by atoms with van der Waals surface area (Å²) in [5.74, 6) is -0.0952. The van der Waals surface area contributed by atoms with Crippen molar-refractivity contribution in [1.82, 2.24) is 19.8 Å². The SMILES string of the molecule is Cc1cccc(CS(=O)(=O)c2ncc(CN(C[C@H]3CCCO3)C(=O)NC(C)(C)C)n2C2CCCCC2)c1. The van der Waals surface area contributed by atoms with E-state index in [2.05, 4.69) is 10.3 Å². The van der Waals surface area contributed by atoms with Crippen molar-refractivity contribution >= 4 is 15.9 Å². The van der Waals surface area contributed by atoms with Crippen molar-refractivity contribution in [2.24, 2.45) is 0 Å². The van der Waals surface area contributed by atoms with Crippen LogP contribution in [0.3, 0.4) is 0 Å². The van der Waals surface area contributed by atoms with Gasteiger partial charge in [-0.25, -0.2) is 18.2 Å². The minimum Gasteiger partial charge on any atom is -0.376 e. The van der Waals surface area contributed by atoms with Crippen molar-refractivity contribution < 1.29 is 17.9 Å². The van der Waals surface area contributed by atoms with Crippen molar-refractivity contribution in [3.63, 3.8) is 0 Å². The highest BCUT2D eigenvalue weighted by Crippen LogP contribution is 2.33. The van der Waals surface area contributed by atoms with Gasteiger partial charge in [0.2, 0.25) is 15.0 Å². The number of carbonyl (C=O) groups is 1. The molecule has 204 valence electrons. The Morgan fingerprint density at radius 1 is 1.16 bits per heavy atom. The van der Waals surface area contributed by atoms with Crippen LogP contribution in [0.1, 0.15) is 88.6 Å². The minimum atomic E-state index is -3.69. The smallest absolute Gasteiger partial charge is 0.318 e. The third-order valence-electron chi connectivity index (χ3n) is 7.07. The molecule has 2 fully saturated rings. The van der Waals surface area contributed by atoms with Gasteiger partial charge in [0.05, 0.1) is 30.3 Å². The predicted molar refractivity (Wildman–Crippen MR) is 144 cm³/mol. The van der Waals surface area contributed by atoms with Crippen LogP contribution in [0.4, 0.5) is 4.79 Å². The predicted octanol–water partition coefficient (Wildman–Crippen LogP) is 5.16. The molecule has 0 unspecified atom stereocenters. The Labute approximate surface area is 221 Å². The number of hydrogen-bond donors (Lipinski definition) is 1. The zero-order valence-corrected chi connectivity index (χ0v) is 23.5. The largest absolute Gasteiger partial charge is 0.376 e. The number of nitrogens with one attached hydrogen (secondary N) is 1. The average Bonchev–Trinajstić information content (AvgIpc) is 3.48. The summed E-state index contributed by atoms with van der Waals surface area (Å²) in [5, 5.41) is 3.19. The third-order valence-corrected chi connectivity index (χ3v) is 8.64. The topological polar surface area (TPSA) is 93.5 Å². The first-order valence-corrected chi connectivity index (χ1v) is 15.2.